The van der Waals surface area contributed by atoms with Crippen LogP contribution in [0.5, 0.6) is 0 Å². The van der Waals surface area contributed by atoms with E-state index in [1.807, 2.05) is 0 Å². The fraction of sp³-hybridized carbons (Fsp3) is 0.714. The molecule has 0 aromatic rings. The van der Waals surface area contributed by atoms with Crippen LogP contribution in [0.1, 0.15) is 25.7 Å². The number of cyclic esters (lactones) is 1. The first-order chi connectivity index (χ1) is 5.31. The number of carboxylic acid groups (broad SMARTS) is 1. The minimum absolute atomic E-state index is 0.0255. The molecule has 0 spiro atoms. The number of esters is 1. The first kappa shape index (κ1) is 9.94. The summed E-state index contributed by atoms with van der Waals surface area (Å²) < 4.78 is 4.76. The molecular formula is C7H12O4. The lowest BCUT2D eigenvalue weighted by Crippen LogP contribution is -2.00. The summed E-state index contributed by atoms with van der Waals surface area (Å²) in [6.07, 6.45) is 3.83. The lowest BCUT2D eigenvalue weighted by atomic mass is 10.2. The number of hydrogen-bond acceptors (Lipinski definition) is 3. The van der Waals surface area contributed by atoms with Gasteiger partial charge in [-0.25, -0.2) is 0 Å². The van der Waals surface area contributed by atoms with E-state index in [9.17, 15) is 4.79 Å². The smallest absolute Gasteiger partial charge is 0.305 e. The van der Waals surface area contributed by atoms with E-state index in [-0.39, 0.29) is 12.4 Å². The van der Waals surface area contributed by atoms with Gasteiger partial charge in [-0.3, -0.25) is 9.59 Å². The van der Waals surface area contributed by atoms with Crippen molar-refractivity contribution in [1.82, 2.24) is 0 Å². The molecule has 1 N–H and O–H groups in total. The molecule has 1 heterocycles. The molecule has 0 unspecified atom stereocenters. The molecule has 11 heavy (non-hydrogen) atoms. The lowest BCUT2D eigenvalue weighted by molar-refractivity contribution is -0.142. The molecule has 0 aromatic heterocycles. The van der Waals surface area contributed by atoms with Gasteiger partial charge in [0.2, 0.25) is 0 Å². The SMILES string of the molecule is O=C1CCCCCO1.O=CO. The number of ether oxygens (including phenoxy) is 1. The molecule has 1 saturated heterocycles. The van der Waals surface area contributed by atoms with Gasteiger partial charge in [-0.05, 0) is 19.3 Å². The summed E-state index contributed by atoms with van der Waals surface area (Å²) in [6, 6.07) is 0. The minimum atomic E-state index is -0.250. The molecular weight excluding hydrogens is 148 g/mol. The van der Waals surface area contributed by atoms with Crippen LogP contribution in [0, 0.1) is 0 Å². The van der Waals surface area contributed by atoms with Crippen molar-refractivity contribution in [2.24, 2.45) is 0 Å². The Kier molecular flexibility index (Phi) is 6.37. The highest BCUT2D eigenvalue weighted by atomic mass is 16.5. The minimum Gasteiger partial charge on any atom is -0.483 e. The fourth-order valence-corrected chi connectivity index (χ4v) is 0.806. The van der Waals surface area contributed by atoms with Gasteiger partial charge in [0.25, 0.3) is 6.47 Å². The summed E-state index contributed by atoms with van der Waals surface area (Å²) >= 11 is 0. The molecule has 64 valence electrons. The van der Waals surface area contributed by atoms with Crippen LogP contribution in [0.4, 0.5) is 0 Å². The molecule has 1 fully saturated rings. The van der Waals surface area contributed by atoms with Gasteiger partial charge in [-0.15, -0.1) is 0 Å². The molecule has 0 aliphatic carbocycles. The Balaban J connectivity index is 0.000000292. The maximum atomic E-state index is 10.5. The zero-order valence-corrected chi connectivity index (χ0v) is 6.28. The average Bonchev–Trinajstić information content (AvgIpc) is 2.18. The van der Waals surface area contributed by atoms with Crippen molar-refractivity contribution in [3.05, 3.63) is 0 Å². The third kappa shape index (κ3) is 6.83. The van der Waals surface area contributed by atoms with Crippen LogP contribution in [0.3, 0.4) is 0 Å². The molecule has 0 aromatic carbocycles. The van der Waals surface area contributed by atoms with E-state index in [2.05, 4.69) is 0 Å². The molecule has 4 heteroatoms. The topological polar surface area (TPSA) is 63.6 Å². The van der Waals surface area contributed by atoms with E-state index in [1.165, 1.54) is 0 Å². The van der Waals surface area contributed by atoms with Crippen LogP contribution in [0.25, 0.3) is 0 Å². The number of rotatable bonds is 0. The van der Waals surface area contributed by atoms with Crippen LogP contribution in [-0.2, 0) is 14.3 Å². The highest BCUT2D eigenvalue weighted by Gasteiger charge is 2.05. The van der Waals surface area contributed by atoms with Gasteiger partial charge in [0.15, 0.2) is 0 Å². The average molecular weight is 160 g/mol. The van der Waals surface area contributed by atoms with Crippen molar-refractivity contribution in [3.63, 3.8) is 0 Å². The van der Waals surface area contributed by atoms with E-state index >= 15 is 0 Å². The van der Waals surface area contributed by atoms with E-state index in [0.29, 0.717) is 13.0 Å². The van der Waals surface area contributed by atoms with Gasteiger partial charge in [0, 0.05) is 6.42 Å². The summed E-state index contributed by atoms with van der Waals surface area (Å²) in [5.41, 5.74) is 0. The second-order valence-corrected chi connectivity index (χ2v) is 2.14. The Morgan fingerprint density at radius 1 is 1.36 bits per heavy atom. The number of carbonyl (C=O) groups excluding carboxylic acids is 1. The molecule has 1 aliphatic heterocycles. The highest BCUT2D eigenvalue weighted by molar-refractivity contribution is 5.69. The predicted molar refractivity (Wildman–Crippen MR) is 38.1 cm³/mol. The predicted octanol–water partition coefficient (Wildman–Crippen LogP) is 0.804. The van der Waals surface area contributed by atoms with Crippen LogP contribution >= 0.6 is 0 Å². The van der Waals surface area contributed by atoms with E-state index in [4.69, 9.17) is 14.6 Å². The largest absolute Gasteiger partial charge is 0.483 e. The maximum Gasteiger partial charge on any atom is 0.305 e. The van der Waals surface area contributed by atoms with Crippen molar-refractivity contribution in [1.29, 1.82) is 0 Å². The standard InChI is InChI=1S/C6H10O2.CH2O2/c7-6-4-2-1-3-5-8-6;2-1-3/h1-5H2;1H,(H,2,3). The van der Waals surface area contributed by atoms with Gasteiger partial charge < -0.3 is 9.84 Å². The van der Waals surface area contributed by atoms with Crippen LogP contribution in [0.15, 0.2) is 0 Å². The molecule has 1 aliphatic rings. The highest BCUT2D eigenvalue weighted by Crippen LogP contribution is 2.06. The first-order valence-electron chi connectivity index (χ1n) is 3.54. The quantitative estimate of drug-likeness (QED) is 0.420. The van der Waals surface area contributed by atoms with Gasteiger partial charge in [0.05, 0.1) is 6.61 Å². The summed E-state index contributed by atoms with van der Waals surface area (Å²) in [5.74, 6) is -0.0255. The van der Waals surface area contributed by atoms with Crippen molar-refractivity contribution in [2.45, 2.75) is 25.7 Å². The van der Waals surface area contributed by atoms with Crippen LogP contribution < -0.4 is 0 Å². The van der Waals surface area contributed by atoms with Crippen molar-refractivity contribution in [2.75, 3.05) is 6.61 Å². The molecule has 0 radical (unpaired) electrons. The van der Waals surface area contributed by atoms with Crippen LogP contribution in [-0.4, -0.2) is 24.2 Å². The zero-order valence-electron chi connectivity index (χ0n) is 6.28. The van der Waals surface area contributed by atoms with Crippen molar-refractivity contribution < 1.29 is 19.4 Å². The summed E-state index contributed by atoms with van der Waals surface area (Å²) in [6.45, 7) is 0.388. The first-order valence-corrected chi connectivity index (χ1v) is 3.54. The molecule has 0 atom stereocenters. The second-order valence-electron chi connectivity index (χ2n) is 2.14. The second kappa shape index (κ2) is 7.05. The molecule has 0 amide bonds. The van der Waals surface area contributed by atoms with Gasteiger partial charge >= 0.3 is 5.97 Å². The lowest BCUT2D eigenvalue weighted by Gasteiger charge is -1.93. The van der Waals surface area contributed by atoms with E-state index < -0.39 is 0 Å². The third-order valence-electron chi connectivity index (χ3n) is 1.29. The number of carbonyl (C=O) groups is 2. The summed E-state index contributed by atoms with van der Waals surface area (Å²) in [7, 11) is 0. The Hall–Kier alpha value is -1.06. The van der Waals surface area contributed by atoms with Crippen molar-refractivity contribution in [3.8, 4) is 0 Å². The number of hydrogen-bond donors (Lipinski definition) is 1. The Morgan fingerprint density at radius 2 is 2.00 bits per heavy atom. The Morgan fingerprint density at radius 3 is 2.64 bits per heavy atom. The normalized spacial score (nSPS) is 16.9. The molecule has 0 bridgehead atoms. The van der Waals surface area contributed by atoms with Crippen molar-refractivity contribution >= 4 is 12.4 Å². The van der Waals surface area contributed by atoms with E-state index in [1.54, 1.807) is 0 Å². The zero-order chi connectivity index (χ0) is 8.53. The summed E-state index contributed by atoms with van der Waals surface area (Å²) in [5, 5.41) is 6.89. The van der Waals surface area contributed by atoms with Crippen LogP contribution in [0.2, 0.25) is 0 Å². The Bertz CT molecular complexity index is 112. The molecule has 1 rings (SSSR count). The third-order valence-corrected chi connectivity index (χ3v) is 1.29. The Labute approximate surface area is 65.2 Å². The summed E-state index contributed by atoms with van der Waals surface area (Å²) in [4.78, 5) is 18.8. The fourth-order valence-electron chi connectivity index (χ4n) is 0.806. The monoisotopic (exact) mass is 160 g/mol. The van der Waals surface area contributed by atoms with Gasteiger partial charge in [-0.2, -0.15) is 0 Å². The van der Waals surface area contributed by atoms with Gasteiger partial charge in [-0.1, -0.05) is 0 Å². The molecule has 4 nitrogen and oxygen atoms in total. The molecule has 0 saturated carbocycles. The maximum absolute atomic E-state index is 10.5. The van der Waals surface area contributed by atoms with E-state index in [0.717, 1.165) is 19.3 Å². The van der Waals surface area contributed by atoms with Gasteiger partial charge in [0.1, 0.15) is 0 Å².